The third-order valence-electron chi connectivity index (χ3n) is 5.39. The van der Waals surface area contributed by atoms with Crippen LogP contribution in [0.2, 0.25) is 0 Å². The first kappa shape index (κ1) is 19.0. The first-order valence-electron chi connectivity index (χ1n) is 9.94. The van der Waals surface area contributed by atoms with E-state index < -0.39 is 0 Å². The van der Waals surface area contributed by atoms with Crippen molar-refractivity contribution in [2.24, 2.45) is 10.9 Å². The van der Waals surface area contributed by atoms with Gasteiger partial charge >= 0.3 is 0 Å². The molecule has 2 aliphatic heterocycles. The summed E-state index contributed by atoms with van der Waals surface area (Å²) in [5.74, 6) is 2.70. The van der Waals surface area contributed by atoms with E-state index in [-0.39, 0.29) is 0 Å². The summed E-state index contributed by atoms with van der Waals surface area (Å²) < 4.78 is 5.30. The number of rotatable bonds is 5. The Hall–Kier alpha value is -1.82. The number of pyridine rings is 1. The third kappa shape index (κ3) is 5.10. The normalized spacial score (nSPS) is 21.8. The van der Waals surface area contributed by atoms with Crippen LogP contribution in [0.4, 0.5) is 5.82 Å². The third-order valence-corrected chi connectivity index (χ3v) is 5.39. The van der Waals surface area contributed by atoms with Crippen LogP contribution in [0.1, 0.15) is 37.7 Å². The number of hydrogen-bond donors (Lipinski definition) is 1. The van der Waals surface area contributed by atoms with Crippen LogP contribution >= 0.6 is 0 Å². The fourth-order valence-electron chi connectivity index (χ4n) is 3.95. The molecule has 1 aromatic rings. The minimum absolute atomic E-state index is 0.606. The van der Waals surface area contributed by atoms with E-state index in [0.717, 1.165) is 51.1 Å². The van der Waals surface area contributed by atoms with Crippen LogP contribution in [0.15, 0.2) is 23.3 Å². The summed E-state index contributed by atoms with van der Waals surface area (Å²) in [6, 6.07) is 4.32. The summed E-state index contributed by atoms with van der Waals surface area (Å²) in [5.41, 5.74) is 1.26. The van der Waals surface area contributed by atoms with E-state index in [2.05, 4.69) is 37.2 Å². The molecule has 0 spiro atoms. The van der Waals surface area contributed by atoms with E-state index in [4.69, 9.17) is 4.74 Å². The van der Waals surface area contributed by atoms with Gasteiger partial charge in [0.15, 0.2) is 5.96 Å². The Morgan fingerprint density at radius 2 is 2.08 bits per heavy atom. The first-order valence-corrected chi connectivity index (χ1v) is 9.94. The quantitative estimate of drug-likeness (QED) is 0.647. The molecule has 1 unspecified atom stereocenters. The Balaban J connectivity index is 1.56. The smallest absolute Gasteiger partial charge is 0.193 e. The molecule has 0 amide bonds. The van der Waals surface area contributed by atoms with Crippen LogP contribution in [0.3, 0.4) is 0 Å². The molecule has 0 radical (unpaired) electrons. The van der Waals surface area contributed by atoms with Gasteiger partial charge in [0.2, 0.25) is 0 Å². The maximum absolute atomic E-state index is 5.30. The van der Waals surface area contributed by atoms with Gasteiger partial charge in [-0.25, -0.2) is 4.98 Å². The molecule has 1 aromatic heterocycles. The minimum atomic E-state index is 0.606. The van der Waals surface area contributed by atoms with Gasteiger partial charge in [-0.1, -0.05) is 12.8 Å². The van der Waals surface area contributed by atoms with Crippen molar-refractivity contribution in [3.63, 3.8) is 0 Å². The van der Waals surface area contributed by atoms with E-state index in [0.29, 0.717) is 5.92 Å². The maximum atomic E-state index is 5.30. The molecule has 6 heteroatoms. The number of nitrogens with zero attached hydrogens (tertiary/aromatic N) is 4. The highest BCUT2D eigenvalue weighted by Crippen LogP contribution is 2.19. The lowest BCUT2D eigenvalue weighted by atomic mass is 10.1. The van der Waals surface area contributed by atoms with Gasteiger partial charge in [0.25, 0.3) is 0 Å². The van der Waals surface area contributed by atoms with E-state index in [1.54, 1.807) is 7.11 Å². The number of likely N-dealkylation sites (tertiary alicyclic amines) is 1. The number of nitrogens with one attached hydrogen (secondary N) is 1. The van der Waals surface area contributed by atoms with Crippen molar-refractivity contribution >= 4 is 11.8 Å². The standard InChI is InChI=1S/C20H33N5O/c1-21-20(25-12-8-18(15-25)16-26-2)23-14-17-7-9-22-19(13-17)24-10-5-3-4-6-11-24/h7,9,13,18H,3-6,8,10-12,14-16H2,1-2H3,(H,21,23). The number of aliphatic imine (C=N–C) groups is 1. The fraction of sp³-hybridized carbons (Fsp3) is 0.700. The largest absolute Gasteiger partial charge is 0.384 e. The van der Waals surface area contributed by atoms with Gasteiger partial charge in [-0.3, -0.25) is 4.99 Å². The molecule has 144 valence electrons. The molecule has 3 heterocycles. The van der Waals surface area contributed by atoms with Crippen molar-refractivity contribution < 1.29 is 4.74 Å². The van der Waals surface area contributed by atoms with E-state index in [1.807, 2.05) is 13.2 Å². The average molecular weight is 360 g/mol. The summed E-state index contributed by atoms with van der Waals surface area (Å²) in [6.07, 6.45) is 8.33. The summed E-state index contributed by atoms with van der Waals surface area (Å²) in [4.78, 5) is 13.8. The molecule has 0 saturated carbocycles. The molecule has 1 N–H and O–H groups in total. The molecule has 2 fully saturated rings. The molecule has 2 saturated heterocycles. The molecule has 2 aliphatic rings. The van der Waals surface area contributed by atoms with Crippen molar-refractivity contribution in [3.8, 4) is 0 Å². The minimum Gasteiger partial charge on any atom is -0.384 e. The predicted octanol–water partition coefficient (Wildman–Crippen LogP) is 2.51. The number of ether oxygens (including phenoxy) is 1. The van der Waals surface area contributed by atoms with Crippen molar-refractivity contribution in [1.29, 1.82) is 0 Å². The number of guanidine groups is 1. The molecule has 26 heavy (non-hydrogen) atoms. The topological polar surface area (TPSA) is 53.0 Å². The number of methoxy groups -OCH3 is 1. The van der Waals surface area contributed by atoms with Crippen molar-refractivity contribution in [2.75, 3.05) is 51.8 Å². The zero-order chi connectivity index (χ0) is 18.2. The second-order valence-corrected chi connectivity index (χ2v) is 7.38. The van der Waals surface area contributed by atoms with Gasteiger partial charge < -0.3 is 19.9 Å². The fourth-order valence-corrected chi connectivity index (χ4v) is 3.95. The lowest BCUT2D eigenvalue weighted by Gasteiger charge is -2.23. The summed E-state index contributed by atoms with van der Waals surface area (Å²) in [5, 5.41) is 3.52. The van der Waals surface area contributed by atoms with E-state index in [9.17, 15) is 0 Å². The number of anilines is 1. The molecule has 0 aliphatic carbocycles. The molecular weight excluding hydrogens is 326 g/mol. The second kappa shape index (κ2) is 9.76. The summed E-state index contributed by atoms with van der Waals surface area (Å²) in [7, 11) is 3.64. The lowest BCUT2D eigenvalue weighted by Crippen LogP contribution is -2.39. The van der Waals surface area contributed by atoms with Gasteiger partial charge in [-0.2, -0.15) is 0 Å². The van der Waals surface area contributed by atoms with Crippen molar-refractivity contribution in [1.82, 2.24) is 15.2 Å². The van der Waals surface area contributed by atoms with Crippen LogP contribution in [0.5, 0.6) is 0 Å². The highest BCUT2D eigenvalue weighted by atomic mass is 16.5. The second-order valence-electron chi connectivity index (χ2n) is 7.38. The van der Waals surface area contributed by atoms with Crippen LogP contribution in [0.25, 0.3) is 0 Å². The zero-order valence-electron chi connectivity index (χ0n) is 16.3. The molecule has 0 aromatic carbocycles. The number of hydrogen-bond acceptors (Lipinski definition) is 4. The number of aromatic nitrogens is 1. The molecule has 6 nitrogen and oxygen atoms in total. The Kier molecular flexibility index (Phi) is 7.12. The van der Waals surface area contributed by atoms with Crippen LogP contribution in [-0.2, 0) is 11.3 Å². The van der Waals surface area contributed by atoms with Gasteiger partial charge in [-0.15, -0.1) is 0 Å². The predicted molar refractivity (Wildman–Crippen MR) is 107 cm³/mol. The van der Waals surface area contributed by atoms with Crippen LogP contribution < -0.4 is 10.2 Å². The Morgan fingerprint density at radius 3 is 2.81 bits per heavy atom. The zero-order valence-corrected chi connectivity index (χ0v) is 16.3. The Bertz CT molecular complexity index is 583. The van der Waals surface area contributed by atoms with Crippen molar-refractivity contribution in [2.45, 2.75) is 38.6 Å². The van der Waals surface area contributed by atoms with Gasteiger partial charge in [0.05, 0.1) is 6.61 Å². The van der Waals surface area contributed by atoms with Gasteiger partial charge in [-0.05, 0) is 37.0 Å². The Labute approximate surface area is 157 Å². The molecule has 0 bridgehead atoms. The van der Waals surface area contributed by atoms with E-state index >= 15 is 0 Å². The SMILES string of the molecule is CN=C(NCc1ccnc(N2CCCCCC2)c1)N1CCC(COC)C1. The highest BCUT2D eigenvalue weighted by molar-refractivity contribution is 5.80. The molecule has 1 atom stereocenters. The highest BCUT2D eigenvalue weighted by Gasteiger charge is 2.24. The van der Waals surface area contributed by atoms with Gasteiger partial charge in [0.1, 0.15) is 5.82 Å². The average Bonchev–Trinajstić information content (AvgIpc) is 2.95. The van der Waals surface area contributed by atoms with Gasteiger partial charge in [0, 0.05) is 59.0 Å². The first-order chi connectivity index (χ1) is 12.8. The van der Waals surface area contributed by atoms with Crippen LogP contribution in [0, 0.1) is 5.92 Å². The molecule has 3 rings (SSSR count). The van der Waals surface area contributed by atoms with Crippen molar-refractivity contribution in [3.05, 3.63) is 23.9 Å². The Morgan fingerprint density at radius 1 is 1.27 bits per heavy atom. The van der Waals surface area contributed by atoms with Crippen LogP contribution in [-0.4, -0.2) is 62.8 Å². The lowest BCUT2D eigenvalue weighted by molar-refractivity contribution is 0.157. The molecular formula is C20H33N5O. The monoisotopic (exact) mass is 359 g/mol. The summed E-state index contributed by atoms with van der Waals surface area (Å²) in [6.45, 7) is 5.92. The van der Waals surface area contributed by atoms with E-state index in [1.165, 1.54) is 37.7 Å². The summed E-state index contributed by atoms with van der Waals surface area (Å²) >= 11 is 0. The maximum Gasteiger partial charge on any atom is 0.193 e.